The summed E-state index contributed by atoms with van der Waals surface area (Å²) in [7, 11) is -3.91. The molecule has 1 aromatic heterocycles. The molecule has 0 saturated heterocycles. The average molecular weight is 276 g/mol. The zero-order valence-corrected chi connectivity index (χ0v) is 10.9. The summed E-state index contributed by atoms with van der Waals surface area (Å²) < 4.78 is 27.0. The Kier molecular flexibility index (Phi) is 3.52. The number of hydrogen-bond acceptors (Lipinski definition) is 5. The molecular weight excluding hydrogens is 264 g/mol. The van der Waals surface area contributed by atoms with Crippen LogP contribution < -0.4 is 4.72 Å². The van der Waals surface area contributed by atoms with Crippen molar-refractivity contribution in [2.75, 3.05) is 0 Å². The molecule has 1 heterocycles. The number of aromatic nitrogens is 1. The van der Waals surface area contributed by atoms with Crippen molar-refractivity contribution in [1.82, 2.24) is 9.71 Å². The second-order valence-corrected chi connectivity index (χ2v) is 6.12. The van der Waals surface area contributed by atoms with Gasteiger partial charge in [-0.2, -0.15) is 15.2 Å². The van der Waals surface area contributed by atoms with Crippen molar-refractivity contribution in [3.63, 3.8) is 0 Å². The van der Waals surface area contributed by atoms with Crippen molar-refractivity contribution in [3.8, 4) is 12.1 Å². The van der Waals surface area contributed by atoms with Gasteiger partial charge in [0.05, 0.1) is 6.07 Å². The summed E-state index contributed by atoms with van der Waals surface area (Å²) in [5.41, 5.74) is -1.22. The van der Waals surface area contributed by atoms with Crippen LogP contribution in [0.3, 0.4) is 0 Å². The Morgan fingerprint density at radius 2 is 2.00 bits per heavy atom. The molecule has 19 heavy (non-hydrogen) atoms. The van der Waals surface area contributed by atoms with Crippen LogP contribution in [-0.4, -0.2) is 18.9 Å². The Morgan fingerprint density at radius 1 is 1.32 bits per heavy atom. The summed E-state index contributed by atoms with van der Waals surface area (Å²) in [4.78, 5) is 3.54. The normalized spacial score (nSPS) is 17.6. The minimum atomic E-state index is -3.91. The molecule has 2 rings (SSSR count). The Balaban J connectivity index is 2.39. The van der Waals surface area contributed by atoms with Crippen LogP contribution in [0.5, 0.6) is 0 Å². The first kappa shape index (κ1) is 13.5. The van der Waals surface area contributed by atoms with Gasteiger partial charge in [-0.3, -0.25) is 0 Å². The maximum atomic E-state index is 12.3. The van der Waals surface area contributed by atoms with Gasteiger partial charge < -0.3 is 0 Å². The standard InChI is InChI=1S/C12H12N4O2S/c13-8-10-11(4-3-7-15-10)19(17,18)16-12(9-14)5-1-2-6-12/h3-4,7,16H,1-2,5-6H2. The fourth-order valence-electron chi connectivity index (χ4n) is 2.22. The minimum Gasteiger partial charge on any atom is -0.244 e. The van der Waals surface area contributed by atoms with E-state index in [0.717, 1.165) is 12.8 Å². The Morgan fingerprint density at radius 3 is 2.58 bits per heavy atom. The molecule has 6 nitrogen and oxygen atoms in total. The number of pyridine rings is 1. The molecule has 0 amide bonds. The van der Waals surface area contributed by atoms with Crippen molar-refractivity contribution < 1.29 is 8.42 Å². The molecule has 0 radical (unpaired) electrons. The predicted octanol–water partition coefficient (Wildman–Crippen LogP) is 1.07. The average Bonchev–Trinajstić information content (AvgIpc) is 2.87. The summed E-state index contributed by atoms with van der Waals surface area (Å²) in [6.07, 6.45) is 3.96. The van der Waals surface area contributed by atoms with Crippen molar-refractivity contribution in [2.24, 2.45) is 0 Å². The highest BCUT2D eigenvalue weighted by molar-refractivity contribution is 7.89. The first-order valence-electron chi connectivity index (χ1n) is 5.83. The molecule has 0 aliphatic heterocycles. The van der Waals surface area contributed by atoms with Gasteiger partial charge >= 0.3 is 0 Å². The fraction of sp³-hybridized carbons (Fsp3) is 0.417. The monoisotopic (exact) mass is 276 g/mol. The van der Waals surface area contributed by atoms with Crippen LogP contribution in [0.2, 0.25) is 0 Å². The molecular formula is C12H12N4O2S. The van der Waals surface area contributed by atoms with Gasteiger partial charge in [0, 0.05) is 6.20 Å². The summed E-state index contributed by atoms with van der Waals surface area (Å²) in [6, 6.07) is 6.55. The second-order valence-electron chi connectivity index (χ2n) is 4.47. The van der Waals surface area contributed by atoms with E-state index in [1.807, 2.05) is 6.07 Å². The van der Waals surface area contributed by atoms with Crippen LogP contribution in [0.15, 0.2) is 23.2 Å². The predicted molar refractivity (Wildman–Crippen MR) is 66.1 cm³/mol. The van der Waals surface area contributed by atoms with Crippen molar-refractivity contribution in [3.05, 3.63) is 24.0 Å². The largest absolute Gasteiger partial charge is 0.244 e. The lowest BCUT2D eigenvalue weighted by atomic mass is 10.0. The third kappa shape index (κ3) is 2.58. The van der Waals surface area contributed by atoms with Crippen LogP contribution in [0, 0.1) is 22.7 Å². The third-order valence-electron chi connectivity index (χ3n) is 3.17. The maximum absolute atomic E-state index is 12.3. The minimum absolute atomic E-state index is 0.166. The van der Waals surface area contributed by atoms with E-state index in [-0.39, 0.29) is 10.6 Å². The zero-order valence-electron chi connectivity index (χ0n) is 10.1. The molecule has 1 N–H and O–H groups in total. The van der Waals surface area contributed by atoms with Crippen LogP contribution in [0.4, 0.5) is 0 Å². The molecule has 0 spiro atoms. The third-order valence-corrected chi connectivity index (χ3v) is 4.73. The Labute approximate surface area is 111 Å². The van der Waals surface area contributed by atoms with Crippen molar-refractivity contribution >= 4 is 10.0 Å². The van der Waals surface area contributed by atoms with Gasteiger partial charge in [-0.1, -0.05) is 12.8 Å². The smallest absolute Gasteiger partial charge is 0.244 e. The van der Waals surface area contributed by atoms with Gasteiger partial charge in [0.25, 0.3) is 0 Å². The van der Waals surface area contributed by atoms with Crippen LogP contribution in [0.25, 0.3) is 0 Å². The Bertz CT molecular complexity index is 664. The second kappa shape index (κ2) is 4.96. The highest BCUT2D eigenvalue weighted by Gasteiger charge is 2.38. The zero-order chi connectivity index (χ0) is 13.9. The summed E-state index contributed by atoms with van der Waals surface area (Å²) in [5, 5.41) is 18.1. The van der Waals surface area contributed by atoms with E-state index in [9.17, 15) is 13.7 Å². The molecule has 1 fully saturated rings. The van der Waals surface area contributed by atoms with Gasteiger partial charge in [0.1, 0.15) is 16.5 Å². The van der Waals surface area contributed by atoms with E-state index in [0.29, 0.717) is 12.8 Å². The van der Waals surface area contributed by atoms with Crippen LogP contribution in [-0.2, 0) is 10.0 Å². The van der Waals surface area contributed by atoms with Gasteiger partial charge in [-0.05, 0) is 25.0 Å². The van der Waals surface area contributed by atoms with E-state index in [2.05, 4.69) is 9.71 Å². The van der Waals surface area contributed by atoms with E-state index in [1.54, 1.807) is 6.07 Å². The lowest BCUT2D eigenvalue weighted by Gasteiger charge is -2.21. The molecule has 98 valence electrons. The highest BCUT2D eigenvalue weighted by atomic mass is 32.2. The van der Waals surface area contributed by atoms with E-state index >= 15 is 0 Å². The van der Waals surface area contributed by atoms with Crippen LogP contribution in [0.1, 0.15) is 31.4 Å². The molecule has 0 atom stereocenters. The number of sulfonamides is 1. The van der Waals surface area contributed by atoms with Crippen LogP contribution >= 0.6 is 0 Å². The summed E-state index contributed by atoms with van der Waals surface area (Å²) in [5.74, 6) is 0. The lowest BCUT2D eigenvalue weighted by molar-refractivity contribution is 0.485. The molecule has 1 aliphatic rings. The number of nitrogens with one attached hydrogen (secondary N) is 1. The van der Waals surface area contributed by atoms with E-state index in [1.165, 1.54) is 18.3 Å². The van der Waals surface area contributed by atoms with Gasteiger partial charge in [-0.25, -0.2) is 13.4 Å². The van der Waals surface area contributed by atoms with Gasteiger partial charge in [-0.15, -0.1) is 0 Å². The number of nitriles is 2. The molecule has 1 saturated carbocycles. The maximum Gasteiger partial charge on any atom is 0.244 e. The first-order chi connectivity index (χ1) is 9.03. The van der Waals surface area contributed by atoms with Gasteiger partial charge in [0.2, 0.25) is 10.0 Å². The van der Waals surface area contributed by atoms with Gasteiger partial charge in [0.15, 0.2) is 5.69 Å². The van der Waals surface area contributed by atoms with Crippen molar-refractivity contribution in [1.29, 1.82) is 10.5 Å². The topological polar surface area (TPSA) is 107 Å². The molecule has 7 heteroatoms. The molecule has 1 aromatic rings. The SMILES string of the molecule is N#Cc1ncccc1S(=O)(=O)NC1(C#N)CCCC1. The summed E-state index contributed by atoms with van der Waals surface area (Å²) >= 11 is 0. The number of hydrogen-bond donors (Lipinski definition) is 1. The number of nitrogens with zero attached hydrogens (tertiary/aromatic N) is 3. The highest BCUT2D eigenvalue weighted by Crippen LogP contribution is 2.30. The Hall–Kier alpha value is -1.96. The molecule has 0 bridgehead atoms. The van der Waals surface area contributed by atoms with Crippen molar-refractivity contribution in [2.45, 2.75) is 36.1 Å². The number of rotatable bonds is 3. The molecule has 0 unspecified atom stereocenters. The quantitative estimate of drug-likeness (QED) is 0.888. The van der Waals surface area contributed by atoms with E-state index < -0.39 is 15.6 Å². The summed E-state index contributed by atoms with van der Waals surface area (Å²) in [6.45, 7) is 0. The molecule has 0 aromatic carbocycles. The van der Waals surface area contributed by atoms with E-state index in [4.69, 9.17) is 5.26 Å². The lowest BCUT2D eigenvalue weighted by Crippen LogP contribution is -2.45. The fourth-order valence-corrected chi connectivity index (χ4v) is 3.70. The first-order valence-corrected chi connectivity index (χ1v) is 7.32. The molecule has 1 aliphatic carbocycles.